The fourth-order valence-electron chi connectivity index (χ4n) is 0.153. The Balaban J connectivity index is -0.0000000453. The van der Waals surface area contributed by atoms with Crippen molar-refractivity contribution < 1.29 is 33.6 Å². The Kier molecular flexibility index (Phi) is 160. The summed E-state index contributed by atoms with van der Waals surface area (Å²) in [6, 6.07) is 0. The zero-order valence-electron chi connectivity index (χ0n) is 6.41. The molecule has 0 amide bonds. The number of hydrogen-bond acceptors (Lipinski definition) is 3. The molecule has 0 aliphatic carbocycles. The summed E-state index contributed by atoms with van der Waals surface area (Å²) >= 11 is 1.67. The van der Waals surface area contributed by atoms with Gasteiger partial charge < -0.3 is 0 Å². The van der Waals surface area contributed by atoms with E-state index in [4.69, 9.17) is 14.4 Å². The normalized spacial score (nSPS) is 6.83. The van der Waals surface area contributed by atoms with Crippen LogP contribution in [0.25, 0.3) is 0 Å². The molecule has 3 nitrogen and oxygen atoms in total. The van der Waals surface area contributed by atoms with E-state index < -0.39 is 0 Å². The molecule has 0 aromatic carbocycles. The minimum absolute atomic E-state index is 1.67. The van der Waals surface area contributed by atoms with Gasteiger partial charge in [0.05, 0.1) is 0 Å². The predicted molar refractivity (Wildman–Crippen MR) is 41.0 cm³/mol. The van der Waals surface area contributed by atoms with Gasteiger partial charge in [0.25, 0.3) is 20.4 Å². The van der Waals surface area contributed by atoms with Crippen molar-refractivity contribution in [2.45, 2.75) is 6.92 Å². The summed E-state index contributed by atoms with van der Waals surface area (Å²) in [4.78, 5) is 22.5. The van der Waals surface area contributed by atoms with Gasteiger partial charge in [-0.15, -0.1) is 0 Å². The molecule has 0 N–H and O–H groups in total. The van der Waals surface area contributed by atoms with E-state index in [2.05, 4.69) is 24.9 Å². The summed E-state index contributed by atoms with van der Waals surface area (Å²) in [7, 11) is 0. The predicted octanol–water partition coefficient (Wildman–Crippen LogP) is 0.432. The average molecular weight is 337 g/mol. The number of carbonyl (C=O) groups excluding carboxylic acids is 3. The van der Waals surface area contributed by atoms with Crippen LogP contribution in [0.4, 0.5) is 0 Å². The maximum Gasteiger partial charge on any atom is 0.281 e. The van der Waals surface area contributed by atoms with Crippen LogP contribution in [0.15, 0.2) is 22.8 Å². The smallest absolute Gasteiger partial charge is 0.281 e. The number of hydrogen-bond donors (Lipinski definition) is 0. The van der Waals surface area contributed by atoms with Gasteiger partial charge in [-0.05, 0) is 0 Å². The van der Waals surface area contributed by atoms with Crippen LogP contribution in [0.5, 0.6) is 0 Å². The minimum Gasteiger partial charge on any atom is -0.281 e. The molecule has 0 unspecified atom stereocenters. The number of allylic oxidation sites excluding steroid dienone is 3. The van der Waals surface area contributed by atoms with E-state index >= 15 is 0 Å². The van der Waals surface area contributed by atoms with Crippen LogP contribution in [-0.4, -0.2) is 20.4 Å². The summed E-state index contributed by atoms with van der Waals surface area (Å²) in [6.07, 6.45) is 6.05. The maximum absolute atomic E-state index is 7.50. The fourth-order valence-corrected chi connectivity index (χ4v) is 0.455. The van der Waals surface area contributed by atoms with Gasteiger partial charge in [0.1, 0.15) is 0 Å². The Morgan fingerprint density at radius 2 is 1.25 bits per heavy atom. The molecule has 4 heteroatoms. The van der Waals surface area contributed by atoms with Crippen LogP contribution < -0.4 is 0 Å². The molecule has 0 atom stereocenters. The first-order chi connectivity index (χ1) is 5.91. The summed E-state index contributed by atoms with van der Waals surface area (Å²) in [6.45, 7) is 15.5. The van der Waals surface area contributed by atoms with Crippen LogP contribution in [0.1, 0.15) is 6.92 Å². The van der Waals surface area contributed by atoms with Crippen molar-refractivity contribution in [3.05, 3.63) is 22.8 Å². The fraction of sp³-hybridized carbons (Fsp3) is 0.125. The van der Waals surface area contributed by atoms with Gasteiger partial charge in [0.15, 0.2) is 0 Å². The third kappa shape index (κ3) is 131. The van der Waals surface area contributed by atoms with E-state index in [1.807, 2.05) is 25.2 Å². The van der Waals surface area contributed by atoms with Crippen molar-refractivity contribution in [2.75, 3.05) is 0 Å². The summed E-state index contributed by atoms with van der Waals surface area (Å²) in [5.41, 5.74) is 0. The Labute approximate surface area is 83.9 Å². The van der Waals surface area contributed by atoms with Crippen molar-refractivity contribution in [3.63, 3.8) is 0 Å². The van der Waals surface area contributed by atoms with Crippen molar-refractivity contribution in [1.29, 1.82) is 0 Å². The number of rotatable bonds is 1. The third-order valence-corrected chi connectivity index (χ3v) is 0.899. The molecule has 64 valence electrons. The van der Waals surface area contributed by atoms with Gasteiger partial charge in [0.2, 0.25) is 0 Å². The Morgan fingerprint density at radius 3 is 1.33 bits per heavy atom. The third-order valence-electron chi connectivity index (χ3n) is 0.376. The first-order valence-corrected chi connectivity index (χ1v) is 3.98. The van der Waals surface area contributed by atoms with Crippen LogP contribution in [0.2, 0.25) is 0 Å². The molecule has 6 radical (unpaired) electrons. The van der Waals surface area contributed by atoms with Gasteiger partial charge in [-0.1, -0.05) is 0 Å². The quantitative estimate of drug-likeness (QED) is 0.652. The summed E-state index contributed by atoms with van der Waals surface area (Å²) < 4.78 is 2.06. The second-order valence-corrected chi connectivity index (χ2v) is 1.75. The van der Waals surface area contributed by atoms with Crippen LogP contribution in [0.3, 0.4) is 0 Å². The Bertz CT molecular complexity index is 87.7. The zero-order valence-corrected chi connectivity index (χ0v) is 9.13. The van der Waals surface area contributed by atoms with Gasteiger partial charge >= 0.3 is 48.9 Å². The van der Waals surface area contributed by atoms with Gasteiger partial charge in [-0.25, -0.2) is 0 Å². The van der Waals surface area contributed by atoms with Gasteiger partial charge in [-0.2, -0.15) is 0 Å². The van der Waals surface area contributed by atoms with E-state index in [-0.39, 0.29) is 0 Å². The van der Waals surface area contributed by atoms with E-state index in [1.54, 1.807) is 19.2 Å². The van der Waals surface area contributed by atoms with Gasteiger partial charge in [0, 0.05) is 0 Å². The first kappa shape index (κ1) is 22.5. The molecule has 0 fully saturated rings. The molecule has 0 spiro atoms. The molecule has 0 rings (SSSR count). The second-order valence-electron chi connectivity index (χ2n) is 0.844. The molecule has 0 aliphatic heterocycles. The van der Waals surface area contributed by atoms with E-state index in [0.29, 0.717) is 0 Å². The van der Waals surface area contributed by atoms with Gasteiger partial charge in [-0.3, -0.25) is 14.4 Å². The van der Waals surface area contributed by atoms with Crippen molar-refractivity contribution in [3.8, 4) is 0 Å². The molecular weight excluding hydrogens is 330 g/mol. The average Bonchev–Trinajstić information content (AvgIpc) is 2.24. The summed E-state index contributed by atoms with van der Waals surface area (Å²) in [5.74, 6) is 0. The molecule has 0 heterocycles. The molecule has 0 aromatic rings. The van der Waals surface area contributed by atoms with E-state index in [0.717, 1.165) is 0 Å². The Morgan fingerprint density at radius 1 is 0.917 bits per heavy atom. The monoisotopic (exact) mass is 338 g/mol. The molecule has 12 heavy (non-hydrogen) atoms. The second kappa shape index (κ2) is 85.6. The molecule has 0 saturated heterocycles. The molecule has 0 bridgehead atoms. The molecule has 0 saturated carbocycles. The molecular formula is C8H7O3Re. The topological polar surface area (TPSA) is 51.2 Å². The first-order valence-electron chi connectivity index (χ1n) is 2.41. The van der Waals surface area contributed by atoms with Crippen LogP contribution in [0, 0.1) is 0 Å². The molecule has 0 aliphatic rings. The van der Waals surface area contributed by atoms with Crippen molar-refractivity contribution >= 4 is 20.4 Å². The summed E-state index contributed by atoms with van der Waals surface area (Å²) in [5, 5.41) is 0. The van der Waals surface area contributed by atoms with Crippen LogP contribution >= 0.6 is 0 Å². The van der Waals surface area contributed by atoms with Crippen molar-refractivity contribution in [1.82, 2.24) is 0 Å². The minimum atomic E-state index is 1.67. The van der Waals surface area contributed by atoms with E-state index in [1.165, 1.54) is 0 Å². The largest absolute Gasteiger partial charge is 0.281 e. The SMILES string of the molecule is CC=CC=[CH][Re].[C]=O.[C]=O.[C]=O. The molecule has 0 aromatic heterocycles. The van der Waals surface area contributed by atoms with Crippen molar-refractivity contribution in [2.24, 2.45) is 0 Å². The maximum atomic E-state index is 7.50. The van der Waals surface area contributed by atoms with Crippen LogP contribution in [-0.2, 0) is 33.6 Å². The van der Waals surface area contributed by atoms with E-state index in [9.17, 15) is 0 Å². The Hall–Kier alpha value is -0.848. The zero-order chi connectivity index (χ0) is 10.8. The standard InChI is InChI=1S/C5H7.3CO.Re/c1-3-5-4-2;3*1-2;/h1,3-5H,2H3;;;;.